The number of nitrogens with two attached hydrogens (primary N) is 1. The van der Waals surface area contributed by atoms with Crippen LogP contribution in [0.1, 0.15) is 46.5 Å². The minimum absolute atomic E-state index is 0.00801. The maximum atomic E-state index is 12.3. The van der Waals surface area contributed by atoms with Crippen LogP contribution in [-0.2, 0) is 9.53 Å². The van der Waals surface area contributed by atoms with Gasteiger partial charge in [0, 0.05) is 30.9 Å². The molecule has 0 spiro atoms. The highest BCUT2D eigenvalue weighted by atomic mass is 16.6. The molecule has 2 aliphatic rings. The van der Waals surface area contributed by atoms with Crippen molar-refractivity contribution in [1.29, 1.82) is 0 Å². The van der Waals surface area contributed by atoms with E-state index in [2.05, 4.69) is 9.80 Å². The third-order valence-corrected chi connectivity index (χ3v) is 5.82. The van der Waals surface area contributed by atoms with Crippen LogP contribution in [0.25, 0.3) is 0 Å². The Morgan fingerprint density at radius 1 is 1.14 bits per heavy atom. The van der Waals surface area contributed by atoms with Gasteiger partial charge in [0.2, 0.25) is 0 Å². The predicted molar refractivity (Wildman–Crippen MR) is 113 cm³/mol. The molecule has 2 aliphatic heterocycles. The molecule has 0 bridgehead atoms. The summed E-state index contributed by atoms with van der Waals surface area (Å²) in [5.41, 5.74) is 6.51. The Balaban J connectivity index is 1.49. The van der Waals surface area contributed by atoms with Crippen molar-refractivity contribution < 1.29 is 14.5 Å². The van der Waals surface area contributed by atoms with Gasteiger partial charge in [-0.3, -0.25) is 14.9 Å². The first-order chi connectivity index (χ1) is 13.6. The van der Waals surface area contributed by atoms with Crippen molar-refractivity contribution in [3.8, 4) is 0 Å². The van der Waals surface area contributed by atoms with E-state index in [0.29, 0.717) is 6.04 Å². The third-order valence-electron chi connectivity index (χ3n) is 5.82. The number of carbonyl (C=O) groups is 1. The molecule has 0 saturated carbocycles. The molecule has 0 atom stereocenters. The summed E-state index contributed by atoms with van der Waals surface area (Å²) in [5.74, 6) is -0.0589. The minimum Gasteiger partial charge on any atom is -0.460 e. The number of nitrogen functional groups attached to an aromatic ring is 1. The molecule has 1 aromatic carbocycles. The molecule has 160 valence electrons. The number of anilines is 2. The van der Waals surface area contributed by atoms with Gasteiger partial charge in [0.25, 0.3) is 5.69 Å². The fraction of sp³-hybridized carbons (Fsp3) is 0.667. The third kappa shape index (κ3) is 5.38. The number of rotatable bonds is 4. The zero-order chi connectivity index (χ0) is 21.2. The van der Waals surface area contributed by atoms with Crippen molar-refractivity contribution in [2.24, 2.45) is 5.92 Å². The summed E-state index contributed by atoms with van der Waals surface area (Å²) in [6.45, 7) is 9.38. The lowest BCUT2D eigenvalue weighted by Crippen LogP contribution is -2.48. The van der Waals surface area contributed by atoms with Crippen LogP contribution < -0.4 is 10.6 Å². The van der Waals surface area contributed by atoms with Crippen LogP contribution in [-0.4, -0.2) is 53.6 Å². The van der Waals surface area contributed by atoms with E-state index in [-0.39, 0.29) is 23.3 Å². The first kappa shape index (κ1) is 21.4. The quantitative estimate of drug-likeness (QED) is 0.356. The van der Waals surface area contributed by atoms with E-state index in [0.717, 1.165) is 57.5 Å². The number of piperidine rings is 2. The SMILES string of the molecule is CC(C)(C)OC(=O)C1CCN(C2CCN(c3ccc([N+](=O)[O-])c(N)c3)CC2)CC1. The Morgan fingerprint density at radius 2 is 1.76 bits per heavy atom. The van der Waals surface area contributed by atoms with Crippen LogP contribution >= 0.6 is 0 Å². The molecule has 0 unspecified atom stereocenters. The molecule has 8 nitrogen and oxygen atoms in total. The van der Waals surface area contributed by atoms with Gasteiger partial charge in [-0.25, -0.2) is 0 Å². The van der Waals surface area contributed by atoms with Gasteiger partial charge in [-0.15, -0.1) is 0 Å². The largest absolute Gasteiger partial charge is 0.460 e. The summed E-state index contributed by atoms with van der Waals surface area (Å²) >= 11 is 0. The molecule has 1 aromatic rings. The number of carbonyl (C=O) groups excluding carboxylic acids is 1. The number of hydrogen-bond acceptors (Lipinski definition) is 7. The second-order valence-corrected chi connectivity index (χ2v) is 9.06. The number of ether oxygens (including phenoxy) is 1. The van der Waals surface area contributed by atoms with Crippen LogP contribution in [0.2, 0.25) is 0 Å². The lowest BCUT2D eigenvalue weighted by Gasteiger charge is -2.42. The second kappa shape index (κ2) is 8.57. The number of benzene rings is 1. The van der Waals surface area contributed by atoms with E-state index in [1.807, 2.05) is 20.8 Å². The van der Waals surface area contributed by atoms with Gasteiger partial charge in [0.05, 0.1) is 10.8 Å². The molecule has 0 aromatic heterocycles. The molecule has 2 N–H and O–H groups in total. The zero-order valence-electron chi connectivity index (χ0n) is 17.6. The highest BCUT2D eigenvalue weighted by molar-refractivity contribution is 5.73. The second-order valence-electron chi connectivity index (χ2n) is 9.06. The van der Waals surface area contributed by atoms with Crippen molar-refractivity contribution in [2.45, 2.75) is 58.1 Å². The number of esters is 1. The monoisotopic (exact) mass is 404 g/mol. The molecular weight excluding hydrogens is 372 g/mol. The average molecular weight is 405 g/mol. The molecule has 0 aliphatic carbocycles. The van der Waals surface area contributed by atoms with Gasteiger partial charge in [-0.2, -0.15) is 0 Å². The van der Waals surface area contributed by atoms with Gasteiger partial charge in [0.15, 0.2) is 0 Å². The van der Waals surface area contributed by atoms with E-state index < -0.39 is 10.5 Å². The molecule has 3 rings (SSSR count). The Kier molecular flexibility index (Phi) is 6.31. The van der Waals surface area contributed by atoms with Crippen molar-refractivity contribution in [1.82, 2.24) is 4.90 Å². The van der Waals surface area contributed by atoms with Crippen LogP contribution in [0.5, 0.6) is 0 Å². The topological polar surface area (TPSA) is 102 Å². The zero-order valence-corrected chi connectivity index (χ0v) is 17.6. The van der Waals surface area contributed by atoms with Gasteiger partial charge in [0.1, 0.15) is 11.3 Å². The fourth-order valence-electron chi connectivity index (χ4n) is 4.28. The van der Waals surface area contributed by atoms with E-state index in [1.165, 1.54) is 6.07 Å². The number of nitro groups is 1. The first-order valence-corrected chi connectivity index (χ1v) is 10.4. The number of hydrogen-bond donors (Lipinski definition) is 1. The Hall–Kier alpha value is -2.35. The molecule has 2 fully saturated rings. The maximum absolute atomic E-state index is 12.3. The Labute approximate surface area is 172 Å². The standard InChI is InChI=1S/C21H32N4O4/c1-21(2,3)29-20(26)15-6-10-23(11-7-15)16-8-12-24(13-9-16)17-4-5-19(25(27)28)18(22)14-17/h4-5,14-16H,6-13,22H2,1-3H3. The van der Waals surface area contributed by atoms with E-state index in [4.69, 9.17) is 10.5 Å². The van der Waals surface area contributed by atoms with E-state index in [9.17, 15) is 14.9 Å². The number of nitrogens with zero attached hydrogens (tertiary/aromatic N) is 3. The molecular formula is C21H32N4O4. The van der Waals surface area contributed by atoms with E-state index in [1.54, 1.807) is 12.1 Å². The van der Waals surface area contributed by atoms with Gasteiger partial charge < -0.3 is 20.3 Å². The highest BCUT2D eigenvalue weighted by Crippen LogP contribution is 2.31. The summed E-state index contributed by atoms with van der Waals surface area (Å²) < 4.78 is 5.54. The summed E-state index contributed by atoms with van der Waals surface area (Å²) in [6.07, 6.45) is 3.78. The predicted octanol–water partition coefficient (Wildman–Crippen LogP) is 3.20. The lowest BCUT2D eigenvalue weighted by molar-refractivity contribution is -0.383. The smallest absolute Gasteiger partial charge is 0.309 e. The Bertz CT molecular complexity index is 746. The van der Waals surface area contributed by atoms with Crippen LogP contribution in [0.3, 0.4) is 0 Å². The van der Waals surface area contributed by atoms with Gasteiger partial charge in [-0.1, -0.05) is 0 Å². The molecule has 0 amide bonds. The first-order valence-electron chi connectivity index (χ1n) is 10.4. The number of likely N-dealkylation sites (tertiary alicyclic amines) is 1. The van der Waals surface area contributed by atoms with Gasteiger partial charge in [-0.05, 0) is 71.7 Å². The minimum atomic E-state index is -0.452. The van der Waals surface area contributed by atoms with Crippen molar-refractivity contribution >= 4 is 23.0 Å². The van der Waals surface area contributed by atoms with Crippen LogP contribution in [0.4, 0.5) is 17.1 Å². The van der Waals surface area contributed by atoms with Crippen LogP contribution in [0.15, 0.2) is 18.2 Å². The molecule has 2 heterocycles. The molecule has 2 saturated heterocycles. The van der Waals surface area contributed by atoms with Crippen molar-refractivity contribution in [3.63, 3.8) is 0 Å². The molecule has 8 heteroatoms. The summed E-state index contributed by atoms with van der Waals surface area (Å²) in [6, 6.07) is 5.48. The summed E-state index contributed by atoms with van der Waals surface area (Å²) in [5, 5.41) is 10.9. The Morgan fingerprint density at radius 3 is 2.28 bits per heavy atom. The van der Waals surface area contributed by atoms with Crippen LogP contribution in [0, 0.1) is 16.0 Å². The molecule has 0 radical (unpaired) electrons. The highest BCUT2D eigenvalue weighted by Gasteiger charge is 2.33. The maximum Gasteiger partial charge on any atom is 0.309 e. The van der Waals surface area contributed by atoms with E-state index >= 15 is 0 Å². The molecule has 29 heavy (non-hydrogen) atoms. The summed E-state index contributed by atoms with van der Waals surface area (Å²) in [4.78, 5) is 27.5. The number of nitro benzene ring substituents is 1. The summed E-state index contributed by atoms with van der Waals surface area (Å²) in [7, 11) is 0. The average Bonchev–Trinajstić information content (AvgIpc) is 2.66. The lowest BCUT2D eigenvalue weighted by atomic mass is 9.93. The van der Waals surface area contributed by atoms with Gasteiger partial charge >= 0.3 is 5.97 Å². The fourth-order valence-corrected chi connectivity index (χ4v) is 4.28. The van der Waals surface area contributed by atoms with Crippen molar-refractivity contribution in [3.05, 3.63) is 28.3 Å². The normalized spacial score (nSPS) is 19.9. The van der Waals surface area contributed by atoms with Crippen molar-refractivity contribution in [2.75, 3.05) is 36.8 Å².